The Kier molecular flexibility index (Phi) is 2.18. The van der Waals surface area contributed by atoms with Gasteiger partial charge in [-0.15, -0.1) is 0 Å². The molecule has 0 aromatic carbocycles. The predicted octanol–water partition coefficient (Wildman–Crippen LogP) is 1.08. The maximum absolute atomic E-state index is 4.58. The zero-order valence-electron chi connectivity index (χ0n) is 6.84. The minimum absolute atomic E-state index is 0.521. The van der Waals surface area contributed by atoms with Crippen LogP contribution in [0.4, 0.5) is 5.82 Å². The number of anilines is 1. The van der Waals surface area contributed by atoms with Crippen molar-refractivity contribution < 1.29 is 4.52 Å². The Labute approximate surface area is 74.8 Å². The predicted molar refractivity (Wildman–Crippen MR) is 45.9 cm³/mol. The lowest BCUT2D eigenvalue weighted by atomic mass is 10.4. The number of pyridine rings is 1. The van der Waals surface area contributed by atoms with E-state index >= 15 is 0 Å². The molecule has 5 nitrogen and oxygen atoms in total. The van der Waals surface area contributed by atoms with E-state index in [1.807, 2.05) is 18.2 Å². The van der Waals surface area contributed by atoms with E-state index in [0.717, 1.165) is 5.82 Å². The molecule has 1 N–H and O–H groups in total. The van der Waals surface area contributed by atoms with Gasteiger partial charge in [0.2, 0.25) is 6.39 Å². The van der Waals surface area contributed by atoms with Crippen molar-refractivity contribution in [3.8, 4) is 0 Å². The summed E-state index contributed by atoms with van der Waals surface area (Å²) in [6, 6.07) is 5.64. The third-order valence-corrected chi connectivity index (χ3v) is 1.50. The van der Waals surface area contributed by atoms with Crippen LogP contribution in [0.25, 0.3) is 0 Å². The summed E-state index contributed by atoms with van der Waals surface area (Å²) in [4.78, 5) is 7.94. The van der Waals surface area contributed by atoms with Gasteiger partial charge in [0.25, 0.3) is 0 Å². The largest absolute Gasteiger partial charge is 0.363 e. The fourth-order valence-corrected chi connectivity index (χ4v) is 0.907. The van der Waals surface area contributed by atoms with Crippen molar-refractivity contribution in [3.05, 3.63) is 36.6 Å². The Hall–Kier alpha value is -1.91. The van der Waals surface area contributed by atoms with Crippen LogP contribution in [0.3, 0.4) is 0 Å². The Morgan fingerprint density at radius 1 is 1.31 bits per heavy atom. The molecule has 0 aliphatic carbocycles. The molecule has 0 saturated carbocycles. The van der Waals surface area contributed by atoms with Crippen LogP contribution in [0.5, 0.6) is 0 Å². The summed E-state index contributed by atoms with van der Waals surface area (Å²) >= 11 is 0. The second-order valence-corrected chi connectivity index (χ2v) is 2.42. The first-order chi connectivity index (χ1) is 6.45. The maximum atomic E-state index is 4.58. The van der Waals surface area contributed by atoms with Crippen molar-refractivity contribution in [2.75, 3.05) is 5.32 Å². The Balaban J connectivity index is 1.94. The van der Waals surface area contributed by atoms with Crippen molar-refractivity contribution in [1.82, 2.24) is 15.1 Å². The summed E-state index contributed by atoms with van der Waals surface area (Å²) in [5.41, 5.74) is 0. The second kappa shape index (κ2) is 3.66. The fourth-order valence-electron chi connectivity index (χ4n) is 0.907. The summed E-state index contributed by atoms with van der Waals surface area (Å²) in [7, 11) is 0. The normalized spacial score (nSPS) is 9.85. The van der Waals surface area contributed by atoms with Crippen molar-refractivity contribution in [2.24, 2.45) is 0 Å². The summed E-state index contributed by atoms with van der Waals surface area (Å²) in [5, 5.41) is 6.71. The lowest BCUT2D eigenvalue weighted by molar-refractivity contribution is 0.411. The summed E-state index contributed by atoms with van der Waals surface area (Å²) in [6.07, 6.45) is 3.02. The van der Waals surface area contributed by atoms with Gasteiger partial charge in [-0.3, -0.25) is 0 Å². The van der Waals surface area contributed by atoms with Crippen LogP contribution in [0.2, 0.25) is 0 Å². The molecule has 66 valence electrons. The molecule has 2 rings (SSSR count). The summed E-state index contributed by atoms with van der Waals surface area (Å²) in [6.45, 7) is 0.521. The first-order valence-corrected chi connectivity index (χ1v) is 3.85. The lowest BCUT2D eigenvalue weighted by Crippen LogP contribution is -2.02. The van der Waals surface area contributed by atoms with Gasteiger partial charge in [-0.05, 0) is 12.1 Å². The first-order valence-electron chi connectivity index (χ1n) is 3.85. The second-order valence-electron chi connectivity index (χ2n) is 2.42. The van der Waals surface area contributed by atoms with E-state index < -0.39 is 0 Å². The Bertz CT molecular complexity index is 346. The topological polar surface area (TPSA) is 63.8 Å². The molecule has 0 bridgehead atoms. The molecule has 0 aliphatic rings. The average molecular weight is 176 g/mol. The number of hydrogen-bond donors (Lipinski definition) is 1. The number of rotatable bonds is 3. The molecule has 2 aromatic heterocycles. The van der Waals surface area contributed by atoms with Crippen molar-refractivity contribution in [2.45, 2.75) is 6.54 Å². The van der Waals surface area contributed by atoms with Gasteiger partial charge in [0.15, 0.2) is 5.82 Å². The van der Waals surface area contributed by atoms with Gasteiger partial charge >= 0.3 is 0 Å². The summed E-state index contributed by atoms with van der Waals surface area (Å²) in [5.74, 6) is 1.41. The van der Waals surface area contributed by atoms with Gasteiger partial charge in [0.1, 0.15) is 5.82 Å². The van der Waals surface area contributed by atoms with Crippen LogP contribution in [0.1, 0.15) is 5.82 Å². The van der Waals surface area contributed by atoms with E-state index in [4.69, 9.17) is 0 Å². The highest BCUT2D eigenvalue weighted by Crippen LogP contribution is 2.01. The molecule has 13 heavy (non-hydrogen) atoms. The molecule has 0 fully saturated rings. The van der Waals surface area contributed by atoms with Crippen molar-refractivity contribution in [1.29, 1.82) is 0 Å². The van der Waals surface area contributed by atoms with Crippen LogP contribution in [0, 0.1) is 0 Å². The van der Waals surface area contributed by atoms with Gasteiger partial charge in [-0.25, -0.2) is 4.98 Å². The SMILES string of the molecule is c1ccc(NCc2ncon2)nc1. The fraction of sp³-hybridized carbons (Fsp3) is 0.125. The number of nitrogens with one attached hydrogen (secondary N) is 1. The average Bonchev–Trinajstić information content (AvgIpc) is 2.69. The van der Waals surface area contributed by atoms with Crippen LogP contribution in [-0.4, -0.2) is 15.1 Å². The number of nitrogens with zero attached hydrogens (tertiary/aromatic N) is 3. The van der Waals surface area contributed by atoms with Gasteiger partial charge in [-0.2, -0.15) is 4.98 Å². The zero-order chi connectivity index (χ0) is 8.93. The van der Waals surface area contributed by atoms with Gasteiger partial charge in [0, 0.05) is 6.20 Å². The van der Waals surface area contributed by atoms with Crippen LogP contribution >= 0.6 is 0 Å². The molecule has 0 aliphatic heterocycles. The van der Waals surface area contributed by atoms with Gasteiger partial charge in [0.05, 0.1) is 6.54 Å². The molecule has 0 unspecified atom stereocenters. The monoisotopic (exact) mass is 176 g/mol. The molecule has 0 radical (unpaired) electrons. The Morgan fingerprint density at radius 2 is 2.31 bits per heavy atom. The third-order valence-electron chi connectivity index (χ3n) is 1.50. The first kappa shape index (κ1) is 7.72. The highest BCUT2D eigenvalue weighted by Gasteiger charge is 1.97. The highest BCUT2D eigenvalue weighted by atomic mass is 16.5. The minimum Gasteiger partial charge on any atom is -0.363 e. The quantitative estimate of drug-likeness (QED) is 0.758. The van der Waals surface area contributed by atoms with E-state index in [-0.39, 0.29) is 0 Å². The minimum atomic E-state index is 0.521. The van der Waals surface area contributed by atoms with Crippen LogP contribution in [-0.2, 0) is 6.54 Å². The van der Waals surface area contributed by atoms with Crippen LogP contribution < -0.4 is 5.32 Å². The molecular weight excluding hydrogens is 168 g/mol. The molecular formula is C8H8N4O. The van der Waals surface area contributed by atoms with Gasteiger partial charge in [-0.1, -0.05) is 11.2 Å². The van der Waals surface area contributed by atoms with E-state index in [1.54, 1.807) is 6.20 Å². The molecule has 0 amide bonds. The van der Waals surface area contributed by atoms with Gasteiger partial charge < -0.3 is 9.84 Å². The third kappa shape index (κ3) is 2.02. The molecule has 2 heterocycles. The maximum Gasteiger partial charge on any atom is 0.213 e. The van der Waals surface area contributed by atoms with Crippen LogP contribution in [0.15, 0.2) is 35.3 Å². The summed E-state index contributed by atoms with van der Waals surface area (Å²) < 4.78 is 4.58. The van der Waals surface area contributed by atoms with Crippen molar-refractivity contribution >= 4 is 5.82 Å². The lowest BCUT2D eigenvalue weighted by Gasteiger charge is -1.99. The van der Waals surface area contributed by atoms with E-state index in [1.165, 1.54) is 6.39 Å². The van der Waals surface area contributed by atoms with Crippen molar-refractivity contribution in [3.63, 3.8) is 0 Å². The zero-order valence-corrected chi connectivity index (χ0v) is 6.84. The standard InChI is InChI=1S/C8H8N4O/c1-2-4-9-7(3-1)10-5-8-11-6-13-12-8/h1-4,6H,5H2,(H,9,10). The van der Waals surface area contributed by atoms with E-state index in [2.05, 4.69) is 25.0 Å². The Morgan fingerprint density at radius 3 is 3.00 bits per heavy atom. The molecule has 0 atom stereocenters. The smallest absolute Gasteiger partial charge is 0.213 e. The van der Waals surface area contributed by atoms with E-state index in [9.17, 15) is 0 Å². The highest BCUT2D eigenvalue weighted by molar-refractivity contribution is 5.32. The molecule has 5 heteroatoms. The van der Waals surface area contributed by atoms with E-state index in [0.29, 0.717) is 12.4 Å². The molecule has 2 aromatic rings. The number of hydrogen-bond acceptors (Lipinski definition) is 5. The number of aromatic nitrogens is 3. The molecule has 0 saturated heterocycles. The molecule has 0 spiro atoms.